The highest BCUT2D eigenvalue weighted by Gasteiger charge is 2.13. The minimum absolute atomic E-state index is 0.0960. The van der Waals surface area contributed by atoms with E-state index < -0.39 is 7.82 Å². The van der Waals surface area contributed by atoms with Gasteiger partial charge in [-0.1, -0.05) is 79.8 Å². The molecule has 0 spiro atoms. The first kappa shape index (κ1) is 30.4. The number of rotatable bonds is 19. The summed E-state index contributed by atoms with van der Waals surface area (Å²) < 4.78 is 14.7. The highest BCUT2D eigenvalue weighted by Crippen LogP contribution is 2.40. The van der Waals surface area contributed by atoms with Crippen LogP contribution in [0.1, 0.15) is 58.3 Å². The van der Waals surface area contributed by atoms with Gasteiger partial charge in [-0.3, -0.25) is 4.79 Å². The number of phosphoric acid groups is 1. The predicted molar refractivity (Wildman–Crippen MR) is 136 cm³/mol. The Hall–Kier alpha value is -1.63. The minimum Gasteiger partial charge on any atom is -0.355 e. The van der Waals surface area contributed by atoms with E-state index in [-0.39, 0.29) is 11.7 Å². The average Bonchev–Trinajstić information content (AvgIpc) is 2.74. The van der Waals surface area contributed by atoms with Crippen LogP contribution in [0.2, 0.25) is 0 Å². The van der Waals surface area contributed by atoms with Gasteiger partial charge in [0, 0.05) is 30.8 Å². The van der Waals surface area contributed by atoms with Crippen molar-refractivity contribution in [2.24, 2.45) is 0 Å². The third-order valence-corrected chi connectivity index (χ3v) is 5.36. The van der Waals surface area contributed by atoms with Gasteiger partial charge in [0.25, 0.3) is 0 Å². The molecule has 3 N–H and O–H groups in total. The first-order valence-electron chi connectivity index (χ1n) is 11.0. The Kier molecular flexibility index (Phi) is 21.4. The zero-order chi connectivity index (χ0) is 23.8. The second kappa shape index (κ2) is 22.6. The summed E-state index contributed by atoms with van der Waals surface area (Å²) >= 11 is 0.642. The van der Waals surface area contributed by atoms with Crippen molar-refractivity contribution in [3.05, 3.63) is 72.9 Å². The zero-order valence-electron chi connectivity index (χ0n) is 19.0. The standard InChI is InChI=1S/C24H38NO5PS/c1-2-3-4-5-6-7-8-9-10-11-12-13-14-15-16-17-18-19-20-21-24(26)25-22-23-32-30-31(27,28)29/h3-4,6-7,9-10,12-13,15-16,18-19H,2,5,8,11,14,17,20-23H2,1H3,(H,25,26)(H2,27,28,29). The molecule has 180 valence electrons. The molecule has 0 aromatic carbocycles. The summed E-state index contributed by atoms with van der Waals surface area (Å²) in [5, 5.41) is 2.67. The molecular weight excluding hydrogens is 445 g/mol. The number of hydrogen-bond donors (Lipinski definition) is 3. The number of allylic oxidation sites excluding steroid dienone is 12. The quantitative estimate of drug-likeness (QED) is 0.0859. The van der Waals surface area contributed by atoms with Crippen LogP contribution in [0.4, 0.5) is 0 Å². The first-order chi connectivity index (χ1) is 15.5. The van der Waals surface area contributed by atoms with E-state index in [1.54, 1.807) is 0 Å². The van der Waals surface area contributed by atoms with Crippen molar-refractivity contribution in [3.63, 3.8) is 0 Å². The van der Waals surface area contributed by atoms with Crippen molar-refractivity contribution in [2.75, 3.05) is 12.3 Å². The molecule has 0 aliphatic heterocycles. The van der Waals surface area contributed by atoms with Crippen LogP contribution in [-0.4, -0.2) is 28.0 Å². The lowest BCUT2D eigenvalue weighted by atomic mass is 10.2. The van der Waals surface area contributed by atoms with Crippen LogP contribution in [-0.2, 0) is 13.3 Å². The summed E-state index contributed by atoms with van der Waals surface area (Å²) in [7, 11) is -4.45. The van der Waals surface area contributed by atoms with Gasteiger partial charge < -0.3 is 15.1 Å². The van der Waals surface area contributed by atoms with Crippen LogP contribution >= 0.6 is 19.9 Å². The van der Waals surface area contributed by atoms with Crippen LogP contribution in [0.25, 0.3) is 0 Å². The summed E-state index contributed by atoms with van der Waals surface area (Å²) in [5.41, 5.74) is 0. The lowest BCUT2D eigenvalue weighted by Crippen LogP contribution is -2.25. The van der Waals surface area contributed by atoms with Gasteiger partial charge in [0.15, 0.2) is 0 Å². The second-order valence-electron chi connectivity index (χ2n) is 6.69. The molecule has 0 unspecified atom stereocenters. The third-order valence-electron chi connectivity index (χ3n) is 3.79. The van der Waals surface area contributed by atoms with E-state index in [2.05, 4.69) is 77.0 Å². The Labute approximate surface area is 197 Å². The van der Waals surface area contributed by atoms with Gasteiger partial charge in [0.1, 0.15) is 0 Å². The number of nitrogens with one attached hydrogen (secondary N) is 1. The number of amides is 1. The Morgan fingerprint density at radius 1 is 0.812 bits per heavy atom. The van der Waals surface area contributed by atoms with Gasteiger partial charge in [0.2, 0.25) is 5.91 Å². The molecule has 0 saturated heterocycles. The maximum Gasteiger partial charge on any atom is 0.480 e. The van der Waals surface area contributed by atoms with Crippen molar-refractivity contribution >= 4 is 25.8 Å². The first-order valence-corrected chi connectivity index (χ1v) is 13.4. The molecule has 0 saturated carbocycles. The van der Waals surface area contributed by atoms with Crippen LogP contribution in [0, 0.1) is 0 Å². The molecule has 0 bridgehead atoms. The molecule has 0 heterocycles. The highest BCUT2D eigenvalue weighted by atomic mass is 32.2. The van der Waals surface area contributed by atoms with Crippen LogP contribution in [0.15, 0.2) is 72.9 Å². The van der Waals surface area contributed by atoms with E-state index in [1.807, 2.05) is 12.2 Å². The molecule has 0 aromatic heterocycles. The maximum atomic E-state index is 11.6. The molecule has 6 nitrogen and oxygen atoms in total. The molecule has 8 heteroatoms. The van der Waals surface area contributed by atoms with Gasteiger partial charge >= 0.3 is 7.82 Å². The van der Waals surface area contributed by atoms with Gasteiger partial charge in [0.05, 0.1) is 0 Å². The summed E-state index contributed by atoms with van der Waals surface area (Å²) in [5.74, 6) is 0.179. The van der Waals surface area contributed by atoms with Crippen molar-refractivity contribution < 1.29 is 23.1 Å². The summed E-state index contributed by atoms with van der Waals surface area (Å²) in [6.07, 6.45) is 32.5. The molecule has 1 amide bonds. The fourth-order valence-electron chi connectivity index (χ4n) is 2.28. The fourth-order valence-corrected chi connectivity index (χ4v) is 3.31. The molecule has 0 atom stereocenters. The molecule has 32 heavy (non-hydrogen) atoms. The highest BCUT2D eigenvalue weighted by molar-refractivity contribution is 7.97. The normalized spacial score (nSPS) is 13.2. The van der Waals surface area contributed by atoms with E-state index in [1.165, 1.54) is 0 Å². The van der Waals surface area contributed by atoms with E-state index in [0.717, 1.165) is 38.5 Å². The maximum absolute atomic E-state index is 11.6. The molecule has 0 aromatic rings. The molecule has 0 fully saturated rings. The minimum atomic E-state index is -4.45. The van der Waals surface area contributed by atoms with Crippen molar-refractivity contribution in [2.45, 2.75) is 58.3 Å². The molecular formula is C24H38NO5PS. The summed E-state index contributed by atoms with van der Waals surface area (Å²) in [4.78, 5) is 28.6. The van der Waals surface area contributed by atoms with E-state index >= 15 is 0 Å². The van der Waals surface area contributed by atoms with Crippen LogP contribution < -0.4 is 5.32 Å². The predicted octanol–water partition coefficient (Wildman–Crippen LogP) is 6.34. The molecule has 0 radical (unpaired) electrons. The Bertz CT molecular complexity index is 693. The van der Waals surface area contributed by atoms with E-state index in [4.69, 9.17) is 9.79 Å². The third kappa shape index (κ3) is 26.4. The molecule has 0 aliphatic carbocycles. The molecule has 0 aliphatic rings. The van der Waals surface area contributed by atoms with Crippen molar-refractivity contribution in [3.8, 4) is 0 Å². The topological polar surface area (TPSA) is 95.9 Å². The lowest BCUT2D eigenvalue weighted by molar-refractivity contribution is -0.120. The Morgan fingerprint density at radius 3 is 1.69 bits per heavy atom. The number of carbonyl (C=O) groups excluding carboxylic acids is 1. The van der Waals surface area contributed by atoms with Gasteiger partial charge in [-0.15, -0.1) is 0 Å². The number of carbonyl (C=O) groups is 1. The average molecular weight is 484 g/mol. The lowest BCUT2D eigenvalue weighted by Gasteiger charge is -2.04. The van der Waals surface area contributed by atoms with Crippen molar-refractivity contribution in [1.29, 1.82) is 0 Å². The van der Waals surface area contributed by atoms with Crippen molar-refractivity contribution in [1.82, 2.24) is 5.32 Å². The van der Waals surface area contributed by atoms with Crippen LogP contribution in [0.5, 0.6) is 0 Å². The van der Waals surface area contributed by atoms with E-state index in [9.17, 15) is 9.36 Å². The Balaban J connectivity index is 3.58. The summed E-state index contributed by atoms with van der Waals surface area (Å²) in [6.45, 7) is 2.44. The fraction of sp³-hybridized carbons (Fsp3) is 0.458. The Morgan fingerprint density at radius 2 is 1.25 bits per heavy atom. The monoisotopic (exact) mass is 483 g/mol. The van der Waals surface area contributed by atoms with Gasteiger partial charge in [-0.25, -0.2) is 8.54 Å². The van der Waals surface area contributed by atoms with Crippen LogP contribution in [0.3, 0.4) is 0 Å². The second-order valence-corrected chi connectivity index (χ2v) is 8.91. The van der Waals surface area contributed by atoms with E-state index in [0.29, 0.717) is 31.4 Å². The van der Waals surface area contributed by atoms with Gasteiger partial charge in [-0.2, -0.15) is 0 Å². The number of hydrogen-bond acceptors (Lipinski definition) is 4. The zero-order valence-corrected chi connectivity index (χ0v) is 20.7. The smallest absolute Gasteiger partial charge is 0.355 e. The molecule has 0 rings (SSSR count). The summed E-state index contributed by atoms with van der Waals surface area (Å²) in [6, 6.07) is 0. The van der Waals surface area contributed by atoms with Gasteiger partial charge in [-0.05, 0) is 44.9 Å². The largest absolute Gasteiger partial charge is 0.480 e. The SMILES string of the molecule is CCC=CCC=CCC=CCC=CCC=CCC=CCCC(=O)NCCSOP(=O)(O)O.